The molecule has 1 fully saturated rings. The molecule has 1 aliphatic rings. The van der Waals surface area contributed by atoms with Gasteiger partial charge in [-0.3, -0.25) is 4.79 Å². The summed E-state index contributed by atoms with van der Waals surface area (Å²) in [6, 6.07) is 0. The van der Waals surface area contributed by atoms with Crippen molar-refractivity contribution in [1.82, 2.24) is 0 Å². The standard InChI is InChI=1S/C10H16O3/c1-5-7(3)10(12-6-2)9(13-10)8(4)11/h5,7,9H,1,6H2,2-4H3. The molecule has 0 aromatic rings. The molecule has 0 amide bonds. The summed E-state index contributed by atoms with van der Waals surface area (Å²) in [5.41, 5.74) is 0. The van der Waals surface area contributed by atoms with Crippen LogP contribution in [0.15, 0.2) is 12.7 Å². The SMILES string of the molecule is C=CC(C)C1(OCC)OC1C(C)=O. The Morgan fingerprint density at radius 1 is 1.85 bits per heavy atom. The zero-order valence-electron chi connectivity index (χ0n) is 8.37. The molecule has 0 N–H and O–H groups in total. The van der Waals surface area contributed by atoms with Crippen LogP contribution in [0.5, 0.6) is 0 Å². The molecular formula is C10H16O3. The van der Waals surface area contributed by atoms with Gasteiger partial charge in [-0.15, -0.1) is 6.58 Å². The first-order valence-corrected chi connectivity index (χ1v) is 4.53. The Labute approximate surface area is 78.7 Å². The number of carbonyl (C=O) groups is 1. The molecule has 3 nitrogen and oxygen atoms in total. The maximum Gasteiger partial charge on any atom is 0.209 e. The molecule has 0 saturated carbocycles. The van der Waals surface area contributed by atoms with Crippen molar-refractivity contribution in [3.63, 3.8) is 0 Å². The lowest BCUT2D eigenvalue weighted by molar-refractivity contribution is -0.118. The van der Waals surface area contributed by atoms with Gasteiger partial charge in [-0.1, -0.05) is 13.0 Å². The van der Waals surface area contributed by atoms with Crippen LogP contribution in [0.4, 0.5) is 0 Å². The number of hydrogen-bond donors (Lipinski definition) is 0. The van der Waals surface area contributed by atoms with Crippen LogP contribution in [0.3, 0.4) is 0 Å². The van der Waals surface area contributed by atoms with E-state index in [4.69, 9.17) is 9.47 Å². The first kappa shape index (κ1) is 10.4. The highest BCUT2D eigenvalue weighted by Gasteiger charge is 2.63. The fourth-order valence-corrected chi connectivity index (χ4v) is 1.49. The Hall–Kier alpha value is -0.670. The number of hydrogen-bond acceptors (Lipinski definition) is 3. The van der Waals surface area contributed by atoms with Crippen molar-refractivity contribution in [1.29, 1.82) is 0 Å². The van der Waals surface area contributed by atoms with Gasteiger partial charge in [0.05, 0.1) is 0 Å². The topological polar surface area (TPSA) is 38.8 Å². The number of ether oxygens (including phenoxy) is 2. The van der Waals surface area contributed by atoms with E-state index in [-0.39, 0.29) is 11.7 Å². The maximum absolute atomic E-state index is 11.1. The number of ketones is 1. The summed E-state index contributed by atoms with van der Waals surface area (Å²) >= 11 is 0. The van der Waals surface area contributed by atoms with Crippen LogP contribution in [0.1, 0.15) is 20.8 Å². The normalized spacial score (nSPS) is 33.9. The van der Waals surface area contributed by atoms with Gasteiger partial charge in [-0.05, 0) is 13.8 Å². The van der Waals surface area contributed by atoms with Crippen molar-refractivity contribution >= 4 is 5.78 Å². The van der Waals surface area contributed by atoms with E-state index in [1.807, 2.05) is 13.8 Å². The Balaban J connectivity index is 2.70. The monoisotopic (exact) mass is 184 g/mol. The van der Waals surface area contributed by atoms with E-state index in [9.17, 15) is 4.79 Å². The summed E-state index contributed by atoms with van der Waals surface area (Å²) < 4.78 is 10.8. The molecule has 1 rings (SSSR count). The van der Waals surface area contributed by atoms with Crippen LogP contribution in [0.25, 0.3) is 0 Å². The summed E-state index contributed by atoms with van der Waals surface area (Å²) in [6.45, 7) is 9.55. The summed E-state index contributed by atoms with van der Waals surface area (Å²) in [4.78, 5) is 11.1. The molecule has 3 atom stereocenters. The van der Waals surface area contributed by atoms with Crippen molar-refractivity contribution in [3.05, 3.63) is 12.7 Å². The second-order valence-corrected chi connectivity index (χ2v) is 3.29. The van der Waals surface area contributed by atoms with Crippen LogP contribution >= 0.6 is 0 Å². The number of carbonyl (C=O) groups excluding carboxylic acids is 1. The quantitative estimate of drug-likeness (QED) is 0.480. The molecule has 0 spiro atoms. The third-order valence-electron chi connectivity index (χ3n) is 2.34. The first-order chi connectivity index (χ1) is 6.08. The van der Waals surface area contributed by atoms with Crippen molar-refractivity contribution in [2.75, 3.05) is 6.61 Å². The Bertz CT molecular complexity index is 224. The van der Waals surface area contributed by atoms with Gasteiger partial charge in [0.2, 0.25) is 5.79 Å². The fraction of sp³-hybridized carbons (Fsp3) is 0.700. The highest BCUT2D eigenvalue weighted by Crippen LogP contribution is 2.45. The summed E-state index contributed by atoms with van der Waals surface area (Å²) in [5.74, 6) is -0.661. The summed E-state index contributed by atoms with van der Waals surface area (Å²) in [5, 5.41) is 0. The second-order valence-electron chi connectivity index (χ2n) is 3.29. The fourth-order valence-electron chi connectivity index (χ4n) is 1.49. The van der Waals surface area contributed by atoms with Crippen LogP contribution in [0.2, 0.25) is 0 Å². The largest absolute Gasteiger partial charge is 0.347 e. The molecule has 1 heterocycles. The maximum atomic E-state index is 11.1. The molecule has 74 valence electrons. The van der Waals surface area contributed by atoms with Gasteiger partial charge >= 0.3 is 0 Å². The molecule has 0 bridgehead atoms. The minimum Gasteiger partial charge on any atom is -0.347 e. The molecule has 0 radical (unpaired) electrons. The van der Waals surface area contributed by atoms with E-state index in [1.165, 1.54) is 6.92 Å². The summed E-state index contributed by atoms with van der Waals surface area (Å²) in [7, 11) is 0. The van der Waals surface area contributed by atoms with Crippen molar-refractivity contribution in [3.8, 4) is 0 Å². The van der Waals surface area contributed by atoms with Crippen molar-refractivity contribution in [2.24, 2.45) is 5.92 Å². The molecule has 3 unspecified atom stereocenters. The zero-order valence-corrected chi connectivity index (χ0v) is 8.37. The lowest BCUT2D eigenvalue weighted by Gasteiger charge is -2.16. The highest BCUT2D eigenvalue weighted by molar-refractivity contribution is 5.84. The highest BCUT2D eigenvalue weighted by atomic mass is 16.8. The van der Waals surface area contributed by atoms with Crippen LogP contribution in [0, 0.1) is 5.92 Å². The Kier molecular flexibility index (Phi) is 2.88. The molecule has 1 aliphatic heterocycles. The Morgan fingerprint density at radius 2 is 2.46 bits per heavy atom. The van der Waals surface area contributed by atoms with Gasteiger partial charge in [0.1, 0.15) is 0 Å². The molecule has 3 heteroatoms. The molecule has 0 aromatic heterocycles. The van der Waals surface area contributed by atoms with Crippen LogP contribution in [-0.4, -0.2) is 24.3 Å². The minimum atomic E-state index is -0.720. The van der Waals surface area contributed by atoms with Crippen LogP contribution in [-0.2, 0) is 14.3 Å². The third-order valence-corrected chi connectivity index (χ3v) is 2.34. The lowest BCUT2D eigenvalue weighted by atomic mass is 10.00. The first-order valence-electron chi connectivity index (χ1n) is 4.53. The second kappa shape index (κ2) is 3.60. The molecule has 0 aromatic carbocycles. The lowest BCUT2D eigenvalue weighted by Crippen LogP contribution is -2.29. The van der Waals surface area contributed by atoms with Crippen molar-refractivity contribution < 1.29 is 14.3 Å². The smallest absolute Gasteiger partial charge is 0.209 e. The Morgan fingerprint density at radius 3 is 2.77 bits per heavy atom. The predicted molar refractivity (Wildman–Crippen MR) is 49.3 cm³/mol. The van der Waals surface area contributed by atoms with Gasteiger partial charge in [0.25, 0.3) is 0 Å². The third kappa shape index (κ3) is 1.67. The van der Waals surface area contributed by atoms with E-state index >= 15 is 0 Å². The van der Waals surface area contributed by atoms with Crippen molar-refractivity contribution in [2.45, 2.75) is 32.7 Å². The minimum absolute atomic E-state index is 0.0159. The van der Waals surface area contributed by atoms with Gasteiger partial charge in [-0.2, -0.15) is 0 Å². The average Bonchev–Trinajstić information content (AvgIpc) is 2.80. The molecule has 13 heavy (non-hydrogen) atoms. The van der Waals surface area contributed by atoms with E-state index in [1.54, 1.807) is 6.08 Å². The number of rotatable bonds is 5. The molecule has 0 aliphatic carbocycles. The van der Waals surface area contributed by atoms with E-state index in [0.717, 1.165) is 0 Å². The van der Waals surface area contributed by atoms with Gasteiger partial charge < -0.3 is 9.47 Å². The predicted octanol–water partition coefficient (Wildman–Crippen LogP) is 1.53. The van der Waals surface area contributed by atoms with E-state index < -0.39 is 11.9 Å². The van der Waals surface area contributed by atoms with E-state index in [0.29, 0.717) is 6.61 Å². The van der Waals surface area contributed by atoms with Gasteiger partial charge in [-0.25, -0.2) is 0 Å². The van der Waals surface area contributed by atoms with Gasteiger partial charge in [0.15, 0.2) is 11.9 Å². The number of epoxide rings is 1. The number of Topliss-reactive ketones (excluding diaryl/α,β-unsaturated/α-hetero) is 1. The average molecular weight is 184 g/mol. The zero-order chi connectivity index (χ0) is 10.1. The van der Waals surface area contributed by atoms with Gasteiger partial charge in [0, 0.05) is 12.5 Å². The van der Waals surface area contributed by atoms with Crippen LogP contribution < -0.4 is 0 Å². The molecule has 1 saturated heterocycles. The molecular weight excluding hydrogens is 168 g/mol. The summed E-state index contributed by atoms with van der Waals surface area (Å²) in [6.07, 6.45) is 1.35. The van der Waals surface area contributed by atoms with E-state index in [2.05, 4.69) is 6.58 Å².